The van der Waals surface area contributed by atoms with Gasteiger partial charge in [-0.25, -0.2) is 0 Å². The van der Waals surface area contributed by atoms with E-state index in [1.54, 1.807) is 48.5 Å². The van der Waals surface area contributed by atoms with Crippen LogP contribution in [-0.4, -0.2) is 24.3 Å². The Morgan fingerprint density at radius 2 is 1.41 bits per heavy atom. The first-order valence-electron chi connectivity index (χ1n) is 9.07. The average Bonchev–Trinajstić information content (AvgIpc) is 2.66. The van der Waals surface area contributed by atoms with Gasteiger partial charge in [-0.3, -0.25) is 14.4 Å². The van der Waals surface area contributed by atoms with E-state index < -0.39 is 0 Å². The van der Waals surface area contributed by atoms with Gasteiger partial charge in [0, 0.05) is 36.0 Å². The zero-order valence-electron chi connectivity index (χ0n) is 15.7. The standard InChI is InChI=1S/C21H25N3O3/c1-3-4-5-13-22-20(26)16-7-6-8-17(14-16)21(27)24-19-11-9-18(10-12-19)23-15(2)25/h6-12,14H,3-5,13H2,1-2H3,(H,22,26)(H,23,25)(H,24,27). The van der Waals surface area contributed by atoms with Crippen molar-refractivity contribution in [2.75, 3.05) is 17.2 Å². The highest BCUT2D eigenvalue weighted by atomic mass is 16.2. The predicted octanol–water partition coefficient (Wildman–Crippen LogP) is 3.82. The van der Waals surface area contributed by atoms with Crippen LogP contribution in [0.4, 0.5) is 11.4 Å². The first kappa shape index (κ1) is 20.2. The molecule has 0 aliphatic heterocycles. The molecule has 142 valence electrons. The fourth-order valence-electron chi connectivity index (χ4n) is 2.52. The molecule has 0 bridgehead atoms. The van der Waals surface area contributed by atoms with Gasteiger partial charge in [-0.1, -0.05) is 25.8 Å². The molecule has 2 aromatic rings. The molecule has 0 spiro atoms. The van der Waals surface area contributed by atoms with E-state index in [1.165, 1.54) is 6.92 Å². The summed E-state index contributed by atoms with van der Waals surface area (Å²) in [5, 5.41) is 8.31. The lowest BCUT2D eigenvalue weighted by molar-refractivity contribution is -0.114. The first-order chi connectivity index (χ1) is 13.0. The van der Waals surface area contributed by atoms with Crippen molar-refractivity contribution < 1.29 is 14.4 Å². The lowest BCUT2D eigenvalue weighted by atomic mass is 10.1. The molecule has 27 heavy (non-hydrogen) atoms. The van der Waals surface area contributed by atoms with Crippen molar-refractivity contribution in [3.8, 4) is 0 Å². The molecule has 0 saturated heterocycles. The number of unbranched alkanes of at least 4 members (excludes halogenated alkanes) is 2. The van der Waals surface area contributed by atoms with Gasteiger partial charge in [-0.2, -0.15) is 0 Å². The second-order valence-electron chi connectivity index (χ2n) is 6.26. The summed E-state index contributed by atoms with van der Waals surface area (Å²) in [7, 11) is 0. The fourth-order valence-corrected chi connectivity index (χ4v) is 2.52. The third-order valence-corrected chi connectivity index (χ3v) is 3.92. The summed E-state index contributed by atoms with van der Waals surface area (Å²) in [5.74, 6) is -0.639. The summed E-state index contributed by atoms with van der Waals surface area (Å²) < 4.78 is 0. The maximum absolute atomic E-state index is 12.4. The number of hydrogen-bond acceptors (Lipinski definition) is 3. The number of anilines is 2. The van der Waals surface area contributed by atoms with E-state index >= 15 is 0 Å². The molecule has 0 fully saturated rings. The van der Waals surface area contributed by atoms with E-state index in [0.29, 0.717) is 29.0 Å². The number of carbonyl (C=O) groups excluding carboxylic acids is 3. The molecular weight excluding hydrogens is 342 g/mol. The summed E-state index contributed by atoms with van der Waals surface area (Å²) in [6, 6.07) is 13.4. The van der Waals surface area contributed by atoms with Crippen LogP contribution in [0.15, 0.2) is 48.5 Å². The van der Waals surface area contributed by atoms with Crippen LogP contribution in [0.25, 0.3) is 0 Å². The predicted molar refractivity (Wildman–Crippen MR) is 107 cm³/mol. The Hall–Kier alpha value is -3.15. The minimum absolute atomic E-state index is 0.156. The highest BCUT2D eigenvalue weighted by molar-refractivity contribution is 6.06. The van der Waals surface area contributed by atoms with E-state index in [1.807, 2.05) is 0 Å². The van der Waals surface area contributed by atoms with Gasteiger partial charge in [0.25, 0.3) is 11.8 Å². The fraction of sp³-hybridized carbons (Fsp3) is 0.286. The van der Waals surface area contributed by atoms with Crippen LogP contribution in [0.2, 0.25) is 0 Å². The number of benzene rings is 2. The van der Waals surface area contributed by atoms with Crippen LogP contribution >= 0.6 is 0 Å². The van der Waals surface area contributed by atoms with Gasteiger partial charge < -0.3 is 16.0 Å². The van der Waals surface area contributed by atoms with Crippen molar-refractivity contribution in [2.45, 2.75) is 33.1 Å². The Balaban J connectivity index is 1.98. The van der Waals surface area contributed by atoms with Gasteiger partial charge in [0.15, 0.2) is 0 Å². The number of carbonyl (C=O) groups is 3. The Bertz CT molecular complexity index is 801. The SMILES string of the molecule is CCCCCNC(=O)c1cccc(C(=O)Nc2ccc(NC(C)=O)cc2)c1. The van der Waals surface area contributed by atoms with Crippen molar-refractivity contribution in [1.29, 1.82) is 0 Å². The molecule has 0 aliphatic carbocycles. The second-order valence-corrected chi connectivity index (χ2v) is 6.26. The Kier molecular flexibility index (Phi) is 7.55. The summed E-state index contributed by atoms with van der Waals surface area (Å²) in [4.78, 5) is 35.7. The molecule has 3 N–H and O–H groups in total. The van der Waals surface area contributed by atoms with Crippen LogP contribution < -0.4 is 16.0 Å². The van der Waals surface area contributed by atoms with Crippen molar-refractivity contribution in [1.82, 2.24) is 5.32 Å². The topological polar surface area (TPSA) is 87.3 Å². The van der Waals surface area contributed by atoms with Crippen molar-refractivity contribution in [2.24, 2.45) is 0 Å². The molecule has 2 aromatic carbocycles. The summed E-state index contributed by atoms with van der Waals surface area (Å²) in [5.41, 5.74) is 2.12. The molecule has 0 aliphatic rings. The summed E-state index contributed by atoms with van der Waals surface area (Å²) in [6.07, 6.45) is 3.11. The van der Waals surface area contributed by atoms with E-state index in [9.17, 15) is 14.4 Å². The third-order valence-electron chi connectivity index (χ3n) is 3.92. The Labute approximate surface area is 159 Å². The van der Waals surface area contributed by atoms with Gasteiger partial charge in [0.1, 0.15) is 0 Å². The molecule has 2 rings (SSSR count). The van der Waals surface area contributed by atoms with Crippen LogP contribution in [0.1, 0.15) is 53.8 Å². The quantitative estimate of drug-likeness (QED) is 0.620. The number of amides is 3. The maximum atomic E-state index is 12.4. The van der Waals surface area contributed by atoms with E-state index in [0.717, 1.165) is 19.3 Å². The molecule has 0 unspecified atom stereocenters. The lowest BCUT2D eigenvalue weighted by Crippen LogP contribution is -2.24. The first-order valence-corrected chi connectivity index (χ1v) is 9.07. The number of rotatable bonds is 8. The minimum atomic E-state index is -0.303. The van der Waals surface area contributed by atoms with Gasteiger partial charge in [-0.15, -0.1) is 0 Å². The molecule has 0 saturated carbocycles. The minimum Gasteiger partial charge on any atom is -0.352 e. The van der Waals surface area contributed by atoms with Crippen molar-refractivity contribution >= 4 is 29.1 Å². The van der Waals surface area contributed by atoms with Crippen LogP contribution in [0, 0.1) is 0 Å². The summed E-state index contributed by atoms with van der Waals surface area (Å²) >= 11 is 0. The Morgan fingerprint density at radius 1 is 0.815 bits per heavy atom. The van der Waals surface area contributed by atoms with Crippen molar-refractivity contribution in [3.05, 3.63) is 59.7 Å². The van der Waals surface area contributed by atoms with Crippen LogP contribution in [0.3, 0.4) is 0 Å². The highest BCUT2D eigenvalue weighted by Crippen LogP contribution is 2.15. The van der Waals surface area contributed by atoms with E-state index in [2.05, 4.69) is 22.9 Å². The third kappa shape index (κ3) is 6.58. The van der Waals surface area contributed by atoms with Gasteiger partial charge in [-0.05, 0) is 48.9 Å². The highest BCUT2D eigenvalue weighted by Gasteiger charge is 2.10. The van der Waals surface area contributed by atoms with Crippen LogP contribution in [-0.2, 0) is 4.79 Å². The maximum Gasteiger partial charge on any atom is 0.255 e. The molecule has 0 atom stereocenters. The molecule has 0 heterocycles. The monoisotopic (exact) mass is 367 g/mol. The van der Waals surface area contributed by atoms with Gasteiger partial charge >= 0.3 is 0 Å². The largest absolute Gasteiger partial charge is 0.352 e. The zero-order valence-corrected chi connectivity index (χ0v) is 15.7. The van der Waals surface area contributed by atoms with Crippen LogP contribution in [0.5, 0.6) is 0 Å². The lowest BCUT2D eigenvalue weighted by Gasteiger charge is -2.09. The van der Waals surface area contributed by atoms with Crippen molar-refractivity contribution in [3.63, 3.8) is 0 Å². The molecule has 6 nitrogen and oxygen atoms in total. The van der Waals surface area contributed by atoms with Gasteiger partial charge in [0.05, 0.1) is 0 Å². The van der Waals surface area contributed by atoms with E-state index in [-0.39, 0.29) is 17.7 Å². The number of nitrogens with one attached hydrogen (secondary N) is 3. The Morgan fingerprint density at radius 3 is 2.00 bits per heavy atom. The van der Waals surface area contributed by atoms with Gasteiger partial charge in [0.2, 0.25) is 5.91 Å². The zero-order chi connectivity index (χ0) is 19.6. The molecule has 3 amide bonds. The summed E-state index contributed by atoms with van der Waals surface area (Å²) in [6.45, 7) is 4.17. The van der Waals surface area contributed by atoms with E-state index in [4.69, 9.17) is 0 Å². The number of hydrogen-bond donors (Lipinski definition) is 3. The molecule has 0 aromatic heterocycles. The molecule has 6 heteroatoms. The smallest absolute Gasteiger partial charge is 0.255 e. The normalized spacial score (nSPS) is 10.1. The second kappa shape index (κ2) is 10.1. The average molecular weight is 367 g/mol. The molecular formula is C21H25N3O3. The molecule has 0 radical (unpaired) electrons.